The molecule has 0 aromatic heterocycles. The van der Waals surface area contributed by atoms with E-state index in [-0.39, 0.29) is 11.8 Å². The number of amides is 2. The molecule has 0 heterocycles. The Bertz CT molecular complexity index is 1040. The summed E-state index contributed by atoms with van der Waals surface area (Å²) in [5.41, 5.74) is 5.43. The fourth-order valence-electron chi connectivity index (χ4n) is 2.94. The second-order valence-electron chi connectivity index (χ2n) is 6.93. The van der Waals surface area contributed by atoms with Gasteiger partial charge in [-0.25, -0.2) is 5.43 Å². The van der Waals surface area contributed by atoms with Crippen molar-refractivity contribution >= 4 is 34.0 Å². The fraction of sp³-hybridized carbons (Fsp3) is 0.208. The van der Waals surface area contributed by atoms with Crippen LogP contribution < -0.4 is 10.7 Å². The van der Waals surface area contributed by atoms with Gasteiger partial charge in [0.25, 0.3) is 5.91 Å². The Balaban J connectivity index is 1.62. The molecule has 0 unspecified atom stereocenters. The maximum absolute atomic E-state index is 12.4. The number of anilines is 1. The third kappa shape index (κ3) is 5.51. The lowest BCUT2D eigenvalue weighted by Gasteiger charge is -2.07. The largest absolute Gasteiger partial charge is 0.326 e. The highest BCUT2D eigenvalue weighted by Crippen LogP contribution is 2.16. The van der Waals surface area contributed by atoms with Crippen molar-refractivity contribution in [3.8, 4) is 0 Å². The third-order valence-corrected chi connectivity index (χ3v) is 4.68. The second kappa shape index (κ2) is 9.64. The molecule has 0 bridgehead atoms. The van der Waals surface area contributed by atoms with E-state index in [1.807, 2.05) is 44.2 Å². The second-order valence-corrected chi connectivity index (χ2v) is 6.93. The van der Waals surface area contributed by atoms with Crippen LogP contribution in [0, 0.1) is 0 Å². The molecule has 0 saturated heterocycles. The van der Waals surface area contributed by atoms with E-state index >= 15 is 0 Å². The van der Waals surface area contributed by atoms with Crippen molar-refractivity contribution in [2.24, 2.45) is 5.10 Å². The van der Waals surface area contributed by atoms with Crippen LogP contribution in [0.4, 0.5) is 5.69 Å². The highest BCUT2D eigenvalue weighted by molar-refractivity contribution is 6.03. The molecule has 29 heavy (non-hydrogen) atoms. The molecular weight excluding hydrogens is 362 g/mol. The molecule has 3 aromatic carbocycles. The van der Waals surface area contributed by atoms with E-state index < -0.39 is 0 Å². The number of nitrogens with zero attached hydrogens (tertiary/aromatic N) is 1. The molecule has 5 nitrogen and oxygen atoms in total. The summed E-state index contributed by atoms with van der Waals surface area (Å²) in [5, 5.41) is 9.35. The number of unbranched alkanes of at least 4 members (excludes halogenated alkanes) is 1. The van der Waals surface area contributed by atoms with Gasteiger partial charge in [0.15, 0.2) is 0 Å². The summed E-state index contributed by atoms with van der Waals surface area (Å²) in [4.78, 5) is 24.1. The van der Waals surface area contributed by atoms with Crippen LogP contribution in [0.5, 0.6) is 0 Å². The minimum absolute atomic E-state index is 0.0142. The number of benzene rings is 3. The van der Waals surface area contributed by atoms with Crippen LogP contribution in [0.2, 0.25) is 0 Å². The minimum atomic E-state index is -0.297. The molecule has 0 spiro atoms. The topological polar surface area (TPSA) is 70.6 Å². The monoisotopic (exact) mass is 387 g/mol. The van der Waals surface area contributed by atoms with Gasteiger partial charge >= 0.3 is 0 Å². The van der Waals surface area contributed by atoms with Crippen LogP contribution in [0.15, 0.2) is 71.8 Å². The Kier molecular flexibility index (Phi) is 6.74. The predicted molar refractivity (Wildman–Crippen MR) is 118 cm³/mol. The van der Waals surface area contributed by atoms with Crippen LogP contribution >= 0.6 is 0 Å². The normalized spacial score (nSPS) is 11.3. The van der Waals surface area contributed by atoms with E-state index in [1.54, 1.807) is 24.3 Å². The molecule has 0 aliphatic heterocycles. The minimum Gasteiger partial charge on any atom is -0.326 e. The molecule has 5 heteroatoms. The van der Waals surface area contributed by atoms with Gasteiger partial charge in [-0.3, -0.25) is 9.59 Å². The lowest BCUT2D eigenvalue weighted by atomic mass is 10.0. The number of rotatable bonds is 7. The summed E-state index contributed by atoms with van der Waals surface area (Å²) < 4.78 is 0. The van der Waals surface area contributed by atoms with Gasteiger partial charge in [-0.15, -0.1) is 0 Å². The summed E-state index contributed by atoms with van der Waals surface area (Å²) in [6.45, 7) is 3.91. The zero-order valence-electron chi connectivity index (χ0n) is 16.7. The first-order valence-electron chi connectivity index (χ1n) is 9.80. The number of hydrogen-bond donors (Lipinski definition) is 2. The first kappa shape index (κ1) is 20.3. The van der Waals surface area contributed by atoms with Gasteiger partial charge in [0.1, 0.15) is 0 Å². The average Bonchev–Trinajstić information content (AvgIpc) is 2.76. The van der Waals surface area contributed by atoms with Crippen molar-refractivity contribution in [2.75, 3.05) is 5.32 Å². The highest BCUT2D eigenvalue weighted by atomic mass is 16.2. The standard InChI is InChI=1S/C24H25N3O2/c1-3-4-9-23(28)25-22-14-12-19(13-15-22)24(29)27-26-17(2)20-11-10-18-7-5-6-8-21(18)16-20/h5-8,10-16H,3-4,9H2,1-2H3,(H,25,28)(H,27,29)/b26-17+. The van der Waals surface area contributed by atoms with Crippen LogP contribution in [-0.2, 0) is 4.79 Å². The molecule has 3 rings (SSSR count). The lowest BCUT2D eigenvalue weighted by Crippen LogP contribution is -2.19. The van der Waals surface area contributed by atoms with E-state index in [1.165, 1.54) is 0 Å². The van der Waals surface area contributed by atoms with Crippen molar-refractivity contribution in [1.29, 1.82) is 0 Å². The summed E-state index contributed by atoms with van der Waals surface area (Å²) in [6, 6.07) is 21.0. The Morgan fingerprint density at radius 1 is 0.897 bits per heavy atom. The first-order chi connectivity index (χ1) is 14.1. The maximum Gasteiger partial charge on any atom is 0.271 e. The number of nitrogens with one attached hydrogen (secondary N) is 2. The number of carbonyl (C=O) groups excluding carboxylic acids is 2. The summed E-state index contributed by atoms with van der Waals surface area (Å²) in [6.07, 6.45) is 2.34. The molecule has 0 aliphatic carbocycles. The summed E-state index contributed by atoms with van der Waals surface area (Å²) in [5.74, 6) is -0.311. The van der Waals surface area contributed by atoms with Crippen LogP contribution in [0.1, 0.15) is 49.0 Å². The number of hydrogen-bond acceptors (Lipinski definition) is 3. The Morgan fingerprint density at radius 3 is 2.31 bits per heavy atom. The van der Waals surface area contributed by atoms with Crippen molar-refractivity contribution < 1.29 is 9.59 Å². The van der Waals surface area contributed by atoms with Gasteiger partial charge in [-0.2, -0.15) is 5.10 Å². The molecule has 0 fully saturated rings. The third-order valence-electron chi connectivity index (χ3n) is 4.68. The molecule has 0 atom stereocenters. The van der Waals surface area contributed by atoms with Gasteiger partial charge in [0, 0.05) is 17.7 Å². The van der Waals surface area contributed by atoms with Gasteiger partial charge in [-0.1, -0.05) is 49.7 Å². The highest BCUT2D eigenvalue weighted by Gasteiger charge is 2.07. The Labute approximate surface area is 170 Å². The molecule has 0 saturated carbocycles. The lowest BCUT2D eigenvalue weighted by molar-refractivity contribution is -0.116. The molecule has 2 amide bonds. The van der Waals surface area contributed by atoms with E-state index in [4.69, 9.17) is 0 Å². The molecule has 2 N–H and O–H groups in total. The van der Waals surface area contributed by atoms with Crippen LogP contribution in [0.3, 0.4) is 0 Å². The molecule has 3 aromatic rings. The van der Waals surface area contributed by atoms with Crippen molar-refractivity contribution in [1.82, 2.24) is 5.43 Å². The van der Waals surface area contributed by atoms with E-state index in [9.17, 15) is 9.59 Å². The first-order valence-corrected chi connectivity index (χ1v) is 9.80. The van der Waals surface area contributed by atoms with Gasteiger partial charge < -0.3 is 5.32 Å². The molecule has 148 valence electrons. The van der Waals surface area contributed by atoms with Gasteiger partial charge in [-0.05, 0) is 60.0 Å². The maximum atomic E-state index is 12.4. The number of carbonyl (C=O) groups is 2. The van der Waals surface area contributed by atoms with Crippen LogP contribution in [-0.4, -0.2) is 17.5 Å². The molecule has 0 radical (unpaired) electrons. The van der Waals surface area contributed by atoms with Crippen molar-refractivity contribution in [3.05, 3.63) is 77.9 Å². The van der Waals surface area contributed by atoms with Crippen molar-refractivity contribution in [2.45, 2.75) is 33.1 Å². The van der Waals surface area contributed by atoms with Gasteiger partial charge in [0.05, 0.1) is 5.71 Å². The van der Waals surface area contributed by atoms with E-state index in [0.717, 1.165) is 34.9 Å². The Hall–Kier alpha value is -3.47. The average molecular weight is 387 g/mol. The zero-order chi connectivity index (χ0) is 20.6. The predicted octanol–water partition coefficient (Wildman–Crippen LogP) is 5.12. The zero-order valence-corrected chi connectivity index (χ0v) is 16.7. The number of hydrazone groups is 1. The van der Waals surface area contributed by atoms with Gasteiger partial charge in [0.2, 0.25) is 5.91 Å². The summed E-state index contributed by atoms with van der Waals surface area (Å²) >= 11 is 0. The molecular formula is C24H25N3O2. The SMILES string of the molecule is CCCCC(=O)Nc1ccc(C(=O)N/N=C(\C)c2ccc3ccccc3c2)cc1. The summed E-state index contributed by atoms with van der Waals surface area (Å²) in [7, 11) is 0. The van der Waals surface area contributed by atoms with E-state index in [2.05, 4.69) is 28.0 Å². The quantitative estimate of drug-likeness (QED) is 0.436. The molecule has 0 aliphatic rings. The van der Waals surface area contributed by atoms with Crippen LogP contribution in [0.25, 0.3) is 10.8 Å². The fourth-order valence-corrected chi connectivity index (χ4v) is 2.94. The number of fused-ring (bicyclic) bond motifs is 1. The van der Waals surface area contributed by atoms with E-state index in [0.29, 0.717) is 17.7 Å². The van der Waals surface area contributed by atoms with Crippen molar-refractivity contribution in [3.63, 3.8) is 0 Å². The smallest absolute Gasteiger partial charge is 0.271 e. The Morgan fingerprint density at radius 2 is 1.59 bits per heavy atom.